The smallest absolute Gasteiger partial charge is 0.303 e. The van der Waals surface area contributed by atoms with E-state index < -0.39 is 5.97 Å². The molecule has 3 heteroatoms. The van der Waals surface area contributed by atoms with E-state index in [0.717, 1.165) is 24.8 Å². The third-order valence-corrected chi connectivity index (χ3v) is 3.12. The van der Waals surface area contributed by atoms with Crippen LogP contribution >= 0.6 is 0 Å². The first-order valence-corrected chi connectivity index (χ1v) is 5.54. The van der Waals surface area contributed by atoms with Crippen LogP contribution in [0.4, 0.5) is 0 Å². The Morgan fingerprint density at radius 1 is 1.50 bits per heavy atom. The van der Waals surface area contributed by atoms with Crippen LogP contribution in [-0.4, -0.2) is 23.7 Å². The zero-order valence-corrected chi connectivity index (χ0v) is 9.12. The Labute approximate surface area is 85.9 Å². The molecule has 1 aliphatic carbocycles. The van der Waals surface area contributed by atoms with Gasteiger partial charge in [0.05, 0.1) is 0 Å². The van der Waals surface area contributed by atoms with Gasteiger partial charge in [0.25, 0.3) is 0 Å². The lowest BCUT2D eigenvalue weighted by Crippen LogP contribution is -2.43. The van der Waals surface area contributed by atoms with E-state index in [1.807, 2.05) is 0 Å². The molecule has 3 nitrogen and oxygen atoms in total. The van der Waals surface area contributed by atoms with Crippen molar-refractivity contribution in [1.29, 1.82) is 0 Å². The van der Waals surface area contributed by atoms with Gasteiger partial charge in [-0.2, -0.15) is 0 Å². The fourth-order valence-corrected chi connectivity index (χ4v) is 1.92. The Bertz CT molecular complexity index is 186. The van der Waals surface area contributed by atoms with Crippen molar-refractivity contribution >= 4 is 5.97 Å². The predicted octanol–water partition coefficient (Wildman–Crippen LogP) is 1.88. The molecule has 2 N–H and O–H groups in total. The largest absolute Gasteiger partial charge is 0.481 e. The maximum Gasteiger partial charge on any atom is 0.303 e. The molecule has 0 aromatic heterocycles. The third-order valence-electron chi connectivity index (χ3n) is 3.12. The van der Waals surface area contributed by atoms with E-state index in [2.05, 4.69) is 19.2 Å². The van der Waals surface area contributed by atoms with Crippen molar-refractivity contribution in [2.45, 2.75) is 45.6 Å². The molecule has 1 fully saturated rings. The van der Waals surface area contributed by atoms with Gasteiger partial charge in [-0.3, -0.25) is 4.79 Å². The van der Waals surface area contributed by atoms with Gasteiger partial charge < -0.3 is 10.4 Å². The first-order chi connectivity index (χ1) is 6.59. The second-order valence-corrected chi connectivity index (χ2v) is 4.62. The van der Waals surface area contributed by atoms with Gasteiger partial charge in [0, 0.05) is 12.5 Å². The van der Waals surface area contributed by atoms with Gasteiger partial charge in [-0.15, -0.1) is 0 Å². The summed E-state index contributed by atoms with van der Waals surface area (Å²) in [6.07, 6.45) is 3.57. The van der Waals surface area contributed by atoms with E-state index in [1.165, 1.54) is 12.8 Å². The molecule has 1 aliphatic rings. The van der Waals surface area contributed by atoms with E-state index in [4.69, 9.17) is 5.11 Å². The second kappa shape index (κ2) is 5.35. The quantitative estimate of drug-likeness (QED) is 0.642. The SMILES string of the molecule is CC(C)C1CC(NCCCC(=O)O)C1. The number of carboxylic acids is 1. The number of hydrogen-bond acceptors (Lipinski definition) is 2. The van der Waals surface area contributed by atoms with E-state index >= 15 is 0 Å². The van der Waals surface area contributed by atoms with Crippen LogP contribution in [-0.2, 0) is 4.79 Å². The Kier molecular flexibility index (Phi) is 4.39. The summed E-state index contributed by atoms with van der Waals surface area (Å²) < 4.78 is 0. The highest BCUT2D eigenvalue weighted by molar-refractivity contribution is 5.66. The predicted molar refractivity (Wildman–Crippen MR) is 56.2 cm³/mol. The van der Waals surface area contributed by atoms with Crippen molar-refractivity contribution in [3.05, 3.63) is 0 Å². The molecule has 0 saturated heterocycles. The zero-order valence-electron chi connectivity index (χ0n) is 9.12. The summed E-state index contributed by atoms with van der Waals surface area (Å²) in [4.78, 5) is 10.2. The van der Waals surface area contributed by atoms with Gasteiger partial charge in [0.15, 0.2) is 0 Å². The second-order valence-electron chi connectivity index (χ2n) is 4.62. The average Bonchev–Trinajstić information content (AvgIpc) is 1.98. The molecule has 0 aliphatic heterocycles. The van der Waals surface area contributed by atoms with E-state index in [1.54, 1.807) is 0 Å². The third kappa shape index (κ3) is 3.66. The van der Waals surface area contributed by atoms with Crippen LogP contribution in [0.25, 0.3) is 0 Å². The van der Waals surface area contributed by atoms with E-state index in [-0.39, 0.29) is 6.42 Å². The average molecular weight is 199 g/mol. The summed E-state index contributed by atoms with van der Waals surface area (Å²) in [5.74, 6) is 0.986. The molecule has 0 atom stereocenters. The fourth-order valence-electron chi connectivity index (χ4n) is 1.92. The minimum atomic E-state index is -0.694. The van der Waals surface area contributed by atoms with Gasteiger partial charge in [0.2, 0.25) is 0 Å². The monoisotopic (exact) mass is 199 g/mol. The lowest BCUT2D eigenvalue weighted by Gasteiger charge is -2.38. The van der Waals surface area contributed by atoms with Crippen LogP contribution in [0.3, 0.4) is 0 Å². The number of nitrogens with one attached hydrogen (secondary N) is 1. The highest BCUT2D eigenvalue weighted by Crippen LogP contribution is 2.33. The number of carbonyl (C=O) groups is 1. The molecule has 0 bridgehead atoms. The van der Waals surface area contributed by atoms with Crippen molar-refractivity contribution in [3.63, 3.8) is 0 Å². The summed E-state index contributed by atoms with van der Waals surface area (Å²) in [5.41, 5.74) is 0. The minimum Gasteiger partial charge on any atom is -0.481 e. The van der Waals surface area contributed by atoms with Crippen LogP contribution in [0.2, 0.25) is 0 Å². The van der Waals surface area contributed by atoms with Gasteiger partial charge in [-0.05, 0) is 37.6 Å². The molecular formula is C11H21NO2. The Balaban J connectivity index is 1.93. The zero-order chi connectivity index (χ0) is 10.6. The molecule has 0 amide bonds. The lowest BCUT2D eigenvalue weighted by atomic mass is 9.74. The lowest BCUT2D eigenvalue weighted by molar-refractivity contribution is -0.137. The van der Waals surface area contributed by atoms with Crippen LogP contribution < -0.4 is 5.32 Å². The number of rotatable bonds is 6. The van der Waals surface area contributed by atoms with E-state index in [0.29, 0.717) is 6.04 Å². The molecule has 1 rings (SSSR count). The molecule has 0 heterocycles. The van der Waals surface area contributed by atoms with Crippen molar-refractivity contribution in [1.82, 2.24) is 5.32 Å². The summed E-state index contributed by atoms with van der Waals surface area (Å²) in [6, 6.07) is 0.649. The van der Waals surface area contributed by atoms with Crippen molar-refractivity contribution < 1.29 is 9.90 Å². The fraction of sp³-hybridized carbons (Fsp3) is 0.909. The van der Waals surface area contributed by atoms with Gasteiger partial charge in [-0.1, -0.05) is 13.8 Å². The molecule has 0 aromatic rings. The van der Waals surface area contributed by atoms with Crippen molar-refractivity contribution in [2.24, 2.45) is 11.8 Å². The normalized spacial score (nSPS) is 26.2. The molecule has 0 aromatic carbocycles. The summed E-state index contributed by atoms with van der Waals surface area (Å²) in [6.45, 7) is 5.39. The summed E-state index contributed by atoms with van der Waals surface area (Å²) >= 11 is 0. The molecular weight excluding hydrogens is 178 g/mol. The van der Waals surface area contributed by atoms with Crippen molar-refractivity contribution in [2.75, 3.05) is 6.54 Å². The summed E-state index contributed by atoms with van der Waals surface area (Å²) in [7, 11) is 0. The maximum atomic E-state index is 10.2. The Morgan fingerprint density at radius 3 is 2.64 bits per heavy atom. The minimum absolute atomic E-state index is 0.285. The highest BCUT2D eigenvalue weighted by atomic mass is 16.4. The highest BCUT2D eigenvalue weighted by Gasteiger charge is 2.30. The summed E-state index contributed by atoms with van der Waals surface area (Å²) in [5, 5.41) is 11.8. The Hall–Kier alpha value is -0.570. The van der Waals surface area contributed by atoms with Gasteiger partial charge in [-0.25, -0.2) is 0 Å². The number of hydrogen-bond donors (Lipinski definition) is 2. The molecule has 82 valence electrons. The molecule has 14 heavy (non-hydrogen) atoms. The van der Waals surface area contributed by atoms with Crippen molar-refractivity contribution in [3.8, 4) is 0 Å². The first kappa shape index (κ1) is 11.5. The molecule has 0 spiro atoms. The number of aliphatic carboxylic acids is 1. The van der Waals surface area contributed by atoms with Crippen LogP contribution in [0.15, 0.2) is 0 Å². The Morgan fingerprint density at radius 2 is 2.14 bits per heavy atom. The van der Waals surface area contributed by atoms with Crippen LogP contribution in [0, 0.1) is 11.8 Å². The maximum absolute atomic E-state index is 10.2. The standard InChI is InChI=1S/C11H21NO2/c1-8(2)9-6-10(7-9)12-5-3-4-11(13)14/h8-10,12H,3-7H2,1-2H3,(H,13,14). The topological polar surface area (TPSA) is 49.3 Å². The molecule has 1 saturated carbocycles. The van der Waals surface area contributed by atoms with Crippen LogP contribution in [0.5, 0.6) is 0 Å². The molecule has 0 unspecified atom stereocenters. The number of carboxylic acid groups (broad SMARTS) is 1. The first-order valence-electron chi connectivity index (χ1n) is 5.54. The van der Waals surface area contributed by atoms with E-state index in [9.17, 15) is 4.79 Å². The molecule has 0 radical (unpaired) electrons. The van der Waals surface area contributed by atoms with Gasteiger partial charge >= 0.3 is 5.97 Å². The van der Waals surface area contributed by atoms with Gasteiger partial charge in [0.1, 0.15) is 0 Å². The van der Waals surface area contributed by atoms with Crippen LogP contribution in [0.1, 0.15) is 39.5 Å².